The van der Waals surface area contributed by atoms with Gasteiger partial charge in [0, 0.05) is 0 Å². The van der Waals surface area contributed by atoms with Crippen molar-refractivity contribution >= 4 is 6.29 Å². The Balaban J connectivity index is 2.49. The van der Waals surface area contributed by atoms with E-state index >= 15 is 0 Å². The molecule has 0 saturated carbocycles. The van der Waals surface area contributed by atoms with Crippen LogP contribution in [0.3, 0.4) is 0 Å². The molecule has 0 amide bonds. The number of phenols is 1. The molecule has 0 unspecified atom stereocenters. The number of hydrogen-bond acceptors (Lipinski definition) is 3. The molecule has 0 aliphatic heterocycles. The lowest BCUT2D eigenvalue weighted by Crippen LogP contribution is -1.88. The van der Waals surface area contributed by atoms with Crippen LogP contribution in [-0.2, 0) is 0 Å². The SMILES string of the molecule is CC(C)c1ccc(O)c(-c2ccc(C=O)o2)c1. The maximum absolute atomic E-state index is 10.6. The van der Waals surface area contributed by atoms with E-state index in [1.165, 1.54) is 0 Å². The Bertz CT molecular complexity index is 538. The maximum atomic E-state index is 10.6. The minimum atomic E-state index is 0.154. The van der Waals surface area contributed by atoms with Crippen LogP contribution >= 0.6 is 0 Å². The largest absolute Gasteiger partial charge is 0.507 e. The molecule has 1 aromatic heterocycles. The molecule has 0 fully saturated rings. The summed E-state index contributed by atoms with van der Waals surface area (Å²) in [6.07, 6.45) is 0.646. The minimum absolute atomic E-state index is 0.154. The number of rotatable bonds is 3. The molecule has 0 bridgehead atoms. The second kappa shape index (κ2) is 4.45. The second-order valence-corrected chi connectivity index (χ2v) is 4.25. The Hall–Kier alpha value is -2.03. The molecule has 0 aliphatic carbocycles. The van der Waals surface area contributed by atoms with Gasteiger partial charge in [0.2, 0.25) is 0 Å². The lowest BCUT2D eigenvalue weighted by atomic mass is 9.99. The number of hydrogen-bond donors (Lipinski definition) is 1. The molecule has 3 heteroatoms. The second-order valence-electron chi connectivity index (χ2n) is 4.25. The molecule has 17 heavy (non-hydrogen) atoms. The van der Waals surface area contributed by atoms with Crippen molar-refractivity contribution in [1.82, 2.24) is 0 Å². The first-order valence-electron chi connectivity index (χ1n) is 5.50. The summed E-state index contributed by atoms with van der Waals surface area (Å²) in [5.74, 6) is 1.29. The summed E-state index contributed by atoms with van der Waals surface area (Å²) in [6, 6.07) is 8.68. The predicted molar refractivity (Wildman–Crippen MR) is 65.3 cm³/mol. The van der Waals surface area contributed by atoms with Crippen LogP contribution in [0.15, 0.2) is 34.7 Å². The molecule has 0 aliphatic rings. The Labute approximate surface area is 99.7 Å². The van der Waals surface area contributed by atoms with Crippen LogP contribution in [0.4, 0.5) is 0 Å². The molecule has 3 nitrogen and oxygen atoms in total. The topological polar surface area (TPSA) is 50.4 Å². The molecular formula is C14H14O3. The van der Waals surface area contributed by atoms with E-state index in [-0.39, 0.29) is 11.5 Å². The highest BCUT2D eigenvalue weighted by molar-refractivity contribution is 5.74. The lowest BCUT2D eigenvalue weighted by Gasteiger charge is -2.08. The number of carbonyl (C=O) groups excluding carboxylic acids is 1. The molecule has 0 radical (unpaired) electrons. The van der Waals surface area contributed by atoms with Gasteiger partial charge in [0.05, 0.1) is 5.56 Å². The van der Waals surface area contributed by atoms with Gasteiger partial charge in [-0.15, -0.1) is 0 Å². The van der Waals surface area contributed by atoms with Gasteiger partial charge >= 0.3 is 0 Å². The van der Waals surface area contributed by atoms with Crippen molar-refractivity contribution in [2.75, 3.05) is 0 Å². The first-order valence-corrected chi connectivity index (χ1v) is 5.50. The van der Waals surface area contributed by atoms with Crippen molar-refractivity contribution in [3.8, 4) is 17.1 Å². The normalized spacial score (nSPS) is 10.8. The average molecular weight is 230 g/mol. The first kappa shape index (κ1) is 11.5. The van der Waals surface area contributed by atoms with Crippen LogP contribution in [0.25, 0.3) is 11.3 Å². The van der Waals surface area contributed by atoms with Crippen molar-refractivity contribution in [3.05, 3.63) is 41.7 Å². The first-order chi connectivity index (χ1) is 8.11. The van der Waals surface area contributed by atoms with E-state index in [9.17, 15) is 9.90 Å². The highest BCUT2D eigenvalue weighted by Gasteiger charge is 2.11. The van der Waals surface area contributed by atoms with Crippen LogP contribution < -0.4 is 0 Å². The monoisotopic (exact) mass is 230 g/mol. The van der Waals surface area contributed by atoms with E-state index in [2.05, 4.69) is 13.8 Å². The molecule has 0 saturated heterocycles. The fraction of sp³-hybridized carbons (Fsp3) is 0.214. The molecule has 2 rings (SSSR count). The van der Waals surface area contributed by atoms with Gasteiger partial charge in [0.1, 0.15) is 11.5 Å². The van der Waals surface area contributed by atoms with Gasteiger partial charge in [-0.05, 0) is 35.7 Å². The Morgan fingerprint density at radius 3 is 2.59 bits per heavy atom. The third-order valence-electron chi connectivity index (χ3n) is 2.70. The fourth-order valence-electron chi connectivity index (χ4n) is 1.67. The fourth-order valence-corrected chi connectivity index (χ4v) is 1.67. The maximum Gasteiger partial charge on any atom is 0.185 e. The number of carbonyl (C=O) groups is 1. The Kier molecular flexibility index (Phi) is 3.00. The van der Waals surface area contributed by atoms with E-state index in [0.29, 0.717) is 23.5 Å². The molecule has 2 aromatic rings. The van der Waals surface area contributed by atoms with Crippen LogP contribution in [0.5, 0.6) is 5.75 Å². The standard InChI is InChI=1S/C14H14O3/c1-9(2)10-3-5-13(16)12(7-10)14-6-4-11(8-15)17-14/h3-9,16H,1-2H3. The predicted octanol–water partition coefficient (Wildman–Crippen LogP) is 3.59. The number of aldehydes is 1. The summed E-state index contributed by atoms with van der Waals surface area (Å²) < 4.78 is 5.31. The zero-order valence-electron chi connectivity index (χ0n) is 9.81. The van der Waals surface area contributed by atoms with Gasteiger partial charge in [-0.25, -0.2) is 0 Å². The average Bonchev–Trinajstić information content (AvgIpc) is 2.77. The van der Waals surface area contributed by atoms with Crippen LogP contribution in [0.2, 0.25) is 0 Å². The van der Waals surface area contributed by atoms with Gasteiger partial charge in [-0.1, -0.05) is 19.9 Å². The number of phenolic OH excluding ortho intramolecular Hbond substituents is 1. The number of benzene rings is 1. The van der Waals surface area contributed by atoms with Crippen molar-refractivity contribution in [3.63, 3.8) is 0 Å². The van der Waals surface area contributed by atoms with Crippen molar-refractivity contribution in [1.29, 1.82) is 0 Å². The molecule has 1 heterocycles. The quantitative estimate of drug-likeness (QED) is 0.820. The third kappa shape index (κ3) is 2.23. The van der Waals surface area contributed by atoms with Gasteiger partial charge in [0.15, 0.2) is 12.0 Å². The van der Waals surface area contributed by atoms with Gasteiger partial charge in [0.25, 0.3) is 0 Å². The molecule has 88 valence electrons. The zero-order valence-corrected chi connectivity index (χ0v) is 9.81. The smallest absolute Gasteiger partial charge is 0.185 e. The van der Waals surface area contributed by atoms with Crippen LogP contribution in [0.1, 0.15) is 35.9 Å². The van der Waals surface area contributed by atoms with Crippen LogP contribution in [-0.4, -0.2) is 11.4 Å². The zero-order chi connectivity index (χ0) is 12.4. The summed E-state index contributed by atoms with van der Waals surface area (Å²) in [6.45, 7) is 4.16. The third-order valence-corrected chi connectivity index (χ3v) is 2.70. The molecule has 0 atom stereocenters. The van der Waals surface area contributed by atoms with Crippen molar-refractivity contribution in [2.45, 2.75) is 19.8 Å². The van der Waals surface area contributed by atoms with E-state index in [1.54, 1.807) is 18.2 Å². The molecule has 1 aromatic carbocycles. The minimum Gasteiger partial charge on any atom is -0.507 e. The van der Waals surface area contributed by atoms with E-state index in [0.717, 1.165) is 5.56 Å². The lowest BCUT2D eigenvalue weighted by molar-refractivity contribution is 0.110. The Morgan fingerprint density at radius 1 is 1.24 bits per heavy atom. The van der Waals surface area contributed by atoms with E-state index in [4.69, 9.17) is 4.42 Å². The van der Waals surface area contributed by atoms with Gasteiger partial charge in [-0.3, -0.25) is 4.79 Å². The van der Waals surface area contributed by atoms with Crippen molar-refractivity contribution < 1.29 is 14.3 Å². The van der Waals surface area contributed by atoms with E-state index in [1.807, 2.05) is 12.1 Å². The van der Waals surface area contributed by atoms with Gasteiger partial charge in [-0.2, -0.15) is 0 Å². The summed E-state index contributed by atoms with van der Waals surface area (Å²) in [5.41, 5.74) is 1.73. The van der Waals surface area contributed by atoms with Crippen LogP contribution in [0, 0.1) is 0 Å². The summed E-state index contributed by atoms with van der Waals surface area (Å²) >= 11 is 0. The molecule has 0 spiro atoms. The summed E-state index contributed by atoms with van der Waals surface area (Å²) in [4.78, 5) is 10.6. The molecule has 1 N–H and O–H groups in total. The van der Waals surface area contributed by atoms with Gasteiger partial charge < -0.3 is 9.52 Å². The molecular weight excluding hydrogens is 216 g/mol. The summed E-state index contributed by atoms with van der Waals surface area (Å²) in [5, 5.41) is 9.80. The highest BCUT2D eigenvalue weighted by Crippen LogP contribution is 2.32. The Morgan fingerprint density at radius 2 is 2.00 bits per heavy atom. The van der Waals surface area contributed by atoms with Crippen molar-refractivity contribution in [2.24, 2.45) is 0 Å². The van der Waals surface area contributed by atoms with E-state index < -0.39 is 0 Å². The number of aromatic hydroxyl groups is 1. The highest BCUT2D eigenvalue weighted by atomic mass is 16.3. The number of furan rings is 1. The summed E-state index contributed by atoms with van der Waals surface area (Å²) in [7, 11) is 0.